The summed E-state index contributed by atoms with van der Waals surface area (Å²) in [6.45, 7) is 5.67. The van der Waals surface area contributed by atoms with E-state index < -0.39 is 34.4 Å². The molecule has 0 unspecified atom stereocenters. The summed E-state index contributed by atoms with van der Waals surface area (Å²) < 4.78 is 52.5. The van der Waals surface area contributed by atoms with Gasteiger partial charge in [0.05, 0.1) is 11.3 Å². The van der Waals surface area contributed by atoms with Crippen molar-refractivity contribution in [3.8, 4) is 0 Å². The predicted octanol–water partition coefficient (Wildman–Crippen LogP) is 3.43. The minimum Gasteiger partial charge on any atom is -0.381 e. The molecule has 0 saturated heterocycles. The van der Waals surface area contributed by atoms with Gasteiger partial charge in [0.25, 0.3) is 0 Å². The molecule has 0 aliphatic rings. The molecule has 0 saturated carbocycles. The van der Waals surface area contributed by atoms with Crippen LogP contribution in [0.3, 0.4) is 0 Å². The summed E-state index contributed by atoms with van der Waals surface area (Å²) in [5.41, 5.74) is 2.50. The van der Waals surface area contributed by atoms with E-state index in [0.717, 1.165) is 0 Å². The van der Waals surface area contributed by atoms with Gasteiger partial charge >= 0.3 is 6.18 Å². The number of aromatic nitrogens is 1. The van der Waals surface area contributed by atoms with E-state index in [0.29, 0.717) is 0 Å². The third-order valence-electron chi connectivity index (χ3n) is 2.38. The van der Waals surface area contributed by atoms with Gasteiger partial charge in [0.15, 0.2) is 11.6 Å². The third kappa shape index (κ3) is 2.50. The number of nitrogens with two attached hydrogens (primary N) is 1. The molecular weight excluding hydrogens is 236 g/mol. The molecule has 0 amide bonds. The molecule has 2 nitrogen and oxygen atoms in total. The van der Waals surface area contributed by atoms with Gasteiger partial charge in [0.2, 0.25) is 0 Å². The highest BCUT2D eigenvalue weighted by atomic mass is 19.4. The van der Waals surface area contributed by atoms with Crippen LogP contribution in [0.25, 0.3) is 0 Å². The van der Waals surface area contributed by atoms with E-state index >= 15 is 0 Å². The van der Waals surface area contributed by atoms with Gasteiger partial charge in [-0.25, -0.2) is 9.37 Å². The molecule has 1 rings (SSSR count). The van der Waals surface area contributed by atoms with E-state index in [2.05, 4.69) is 4.98 Å². The van der Waals surface area contributed by atoms with Crippen molar-refractivity contribution in [2.75, 3.05) is 5.73 Å². The SMILES string of the molecule is Cc1nc(N)c(F)c(C(C)(C)C)c1C(F)(F)F. The van der Waals surface area contributed by atoms with Gasteiger partial charge in [0, 0.05) is 5.56 Å². The summed E-state index contributed by atoms with van der Waals surface area (Å²) in [5.74, 6) is -1.59. The van der Waals surface area contributed by atoms with Crippen molar-refractivity contribution in [3.05, 3.63) is 22.6 Å². The first-order chi connectivity index (χ1) is 7.46. The van der Waals surface area contributed by atoms with Crippen LogP contribution in [0.4, 0.5) is 23.4 Å². The summed E-state index contributed by atoms with van der Waals surface area (Å²) >= 11 is 0. The van der Waals surface area contributed by atoms with Crippen molar-refractivity contribution in [1.82, 2.24) is 4.98 Å². The number of nitrogens with zero attached hydrogens (tertiary/aromatic N) is 1. The first-order valence-corrected chi connectivity index (χ1v) is 4.99. The summed E-state index contributed by atoms with van der Waals surface area (Å²) in [7, 11) is 0. The fourth-order valence-electron chi connectivity index (χ4n) is 1.76. The average Bonchev–Trinajstić information content (AvgIpc) is 2.06. The Morgan fingerprint density at radius 2 is 1.53 bits per heavy atom. The molecule has 17 heavy (non-hydrogen) atoms. The van der Waals surface area contributed by atoms with Crippen molar-refractivity contribution >= 4 is 5.82 Å². The quantitative estimate of drug-likeness (QED) is 0.716. The highest BCUT2D eigenvalue weighted by molar-refractivity contribution is 5.47. The predicted molar refractivity (Wildman–Crippen MR) is 57.0 cm³/mol. The lowest BCUT2D eigenvalue weighted by molar-refractivity contribution is -0.139. The molecule has 0 aliphatic carbocycles. The molecule has 0 radical (unpaired) electrons. The number of anilines is 1. The zero-order valence-electron chi connectivity index (χ0n) is 10.0. The van der Waals surface area contributed by atoms with E-state index in [1.807, 2.05) is 0 Å². The fraction of sp³-hybridized carbons (Fsp3) is 0.545. The number of pyridine rings is 1. The first-order valence-electron chi connectivity index (χ1n) is 4.99. The number of halogens is 4. The van der Waals surface area contributed by atoms with Gasteiger partial charge in [-0.3, -0.25) is 0 Å². The Kier molecular flexibility index (Phi) is 3.11. The van der Waals surface area contributed by atoms with Crippen LogP contribution >= 0.6 is 0 Å². The third-order valence-corrected chi connectivity index (χ3v) is 2.38. The van der Waals surface area contributed by atoms with Crippen LogP contribution in [0.5, 0.6) is 0 Å². The molecule has 1 heterocycles. The highest BCUT2D eigenvalue weighted by Gasteiger charge is 2.41. The van der Waals surface area contributed by atoms with E-state index in [1.54, 1.807) is 0 Å². The van der Waals surface area contributed by atoms with Gasteiger partial charge < -0.3 is 5.73 Å². The van der Waals surface area contributed by atoms with Crippen molar-refractivity contribution in [2.45, 2.75) is 39.3 Å². The first kappa shape index (κ1) is 13.7. The summed E-state index contributed by atoms with van der Waals surface area (Å²) in [6, 6.07) is 0. The Labute approximate surface area is 96.8 Å². The number of hydrogen-bond donors (Lipinski definition) is 1. The molecule has 1 aromatic rings. The van der Waals surface area contributed by atoms with E-state index in [1.165, 1.54) is 27.7 Å². The monoisotopic (exact) mass is 250 g/mol. The number of nitrogen functional groups attached to an aromatic ring is 1. The average molecular weight is 250 g/mol. The Balaban J connectivity index is 3.76. The Morgan fingerprint density at radius 3 is 1.88 bits per heavy atom. The van der Waals surface area contributed by atoms with Gasteiger partial charge in [-0.05, 0) is 12.3 Å². The van der Waals surface area contributed by atoms with Crippen molar-refractivity contribution in [1.29, 1.82) is 0 Å². The Hall–Kier alpha value is -1.33. The molecule has 0 aromatic carbocycles. The largest absolute Gasteiger partial charge is 0.418 e. The lowest BCUT2D eigenvalue weighted by atomic mass is 9.82. The zero-order valence-corrected chi connectivity index (χ0v) is 10.0. The molecule has 96 valence electrons. The molecule has 0 atom stereocenters. The maximum Gasteiger partial charge on any atom is 0.418 e. The van der Waals surface area contributed by atoms with Crippen molar-refractivity contribution in [2.24, 2.45) is 0 Å². The molecular formula is C11H14F4N2. The van der Waals surface area contributed by atoms with Crippen LogP contribution in [0.15, 0.2) is 0 Å². The van der Waals surface area contributed by atoms with Gasteiger partial charge in [-0.15, -0.1) is 0 Å². The van der Waals surface area contributed by atoms with Crippen LogP contribution in [0.2, 0.25) is 0 Å². The molecule has 6 heteroatoms. The normalized spacial score (nSPS) is 12.9. The van der Waals surface area contributed by atoms with Gasteiger partial charge in [-0.2, -0.15) is 13.2 Å². The van der Waals surface area contributed by atoms with Crippen molar-refractivity contribution in [3.63, 3.8) is 0 Å². The number of rotatable bonds is 0. The minimum absolute atomic E-state index is 0.304. The molecule has 0 aliphatic heterocycles. The minimum atomic E-state index is -4.64. The second kappa shape index (κ2) is 3.85. The summed E-state index contributed by atoms with van der Waals surface area (Å²) in [6.07, 6.45) is -4.64. The maximum absolute atomic E-state index is 13.8. The topological polar surface area (TPSA) is 38.9 Å². The second-order valence-electron chi connectivity index (χ2n) is 4.89. The lowest BCUT2D eigenvalue weighted by Crippen LogP contribution is -2.24. The second-order valence-corrected chi connectivity index (χ2v) is 4.89. The van der Waals surface area contributed by atoms with Gasteiger partial charge in [-0.1, -0.05) is 20.8 Å². The zero-order chi connectivity index (χ0) is 13.6. The van der Waals surface area contributed by atoms with Crippen LogP contribution in [-0.2, 0) is 11.6 Å². The van der Waals surface area contributed by atoms with Crippen LogP contribution in [0.1, 0.15) is 37.6 Å². The molecule has 1 aromatic heterocycles. The number of alkyl halides is 3. The standard InChI is InChI=1S/C11H14F4N2/c1-5-6(11(13,14)15)7(10(2,3)4)8(12)9(16)17-5/h1-4H3,(H2,16,17). The number of hydrogen-bond acceptors (Lipinski definition) is 2. The summed E-state index contributed by atoms with van der Waals surface area (Å²) in [4.78, 5) is 3.40. The lowest BCUT2D eigenvalue weighted by Gasteiger charge is -2.26. The molecule has 2 N–H and O–H groups in total. The van der Waals surface area contributed by atoms with E-state index in [9.17, 15) is 17.6 Å². The van der Waals surface area contributed by atoms with Crippen LogP contribution in [0, 0.1) is 12.7 Å². The Morgan fingerprint density at radius 1 is 1.06 bits per heavy atom. The van der Waals surface area contributed by atoms with E-state index in [4.69, 9.17) is 5.73 Å². The fourth-order valence-corrected chi connectivity index (χ4v) is 1.76. The summed E-state index contributed by atoms with van der Waals surface area (Å²) in [5, 5.41) is 0. The van der Waals surface area contributed by atoms with E-state index in [-0.39, 0.29) is 5.69 Å². The highest BCUT2D eigenvalue weighted by Crippen LogP contribution is 2.41. The Bertz CT molecular complexity index is 444. The number of aryl methyl sites for hydroxylation is 1. The van der Waals surface area contributed by atoms with Gasteiger partial charge in [0.1, 0.15) is 0 Å². The maximum atomic E-state index is 13.8. The molecule has 0 bridgehead atoms. The molecule has 0 fully saturated rings. The van der Waals surface area contributed by atoms with Crippen molar-refractivity contribution < 1.29 is 17.6 Å². The smallest absolute Gasteiger partial charge is 0.381 e. The van der Waals surface area contributed by atoms with Crippen LogP contribution in [-0.4, -0.2) is 4.98 Å². The van der Waals surface area contributed by atoms with Crippen LogP contribution < -0.4 is 5.73 Å². The molecule has 0 spiro atoms.